The van der Waals surface area contributed by atoms with Gasteiger partial charge in [0.15, 0.2) is 5.69 Å². The minimum Gasteiger partial charge on any atom is -0.497 e. The predicted octanol–water partition coefficient (Wildman–Crippen LogP) is 4.60. The lowest BCUT2D eigenvalue weighted by Gasteiger charge is -2.52. The zero-order chi connectivity index (χ0) is 35.3. The number of carbonyl (C=O) groups excluding carboxylic acids is 2. The highest BCUT2D eigenvalue weighted by Crippen LogP contribution is 2.38. The lowest BCUT2D eigenvalue weighted by Crippen LogP contribution is -2.66. The summed E-state index contributed by atoms with van der Waals surface area (Å²) in [5, 5.41) is 19.4. The molecule has 3 amide bonds. The van der Waals surface area contributed by atoms with E-state index < -0.39 is 35.4 Å². The standard InChI is InChI=1S/C36H48N6O7/c1-24(2)21-40(29-20-25(33(43)39-16-18-48-19-17-39)22-41(35(45)46)32(29)36(3,4)5)34(44)31-30(23-49-28-14-12-27(47-6)13-15-28)42(38-37-31)26-10-8-7-9-11-26/h7-15,24-25,29,32H,16-23H2,1-6H3,(H,45,46)/t25-,29+,32?/m1/s1. The second kappa shape index (κ2) is 15.3. The lowest BCUT2D eigenvalue weighted by molar-refractivity contribution is -0.144. The summed E-state index contributed by atoms with van der Waals surface area (Å²) in [6, 6.07) is 15.3. The predicted molar refractivity (Wildman–Crippen MR) is 182 cm³/mol. The van der Waals surface area contributed by atoms with Crippen molar-refractivity contribution < 1.29 is 33.7 Å². The molecule has 49 heavy (non-hydrogen) atoms. The molecule has 0 saturated carbocycles. The average molecular weight is 677 g/mol. The third-order valence-electron chi connectivity index (χ3n) is 9.07. The smallest absolute Gasteiger partial charge is 0.407 e. The van der Waals surface area contributed by atoms with E-state index >= 15 is 0 Å². The minimum atomic E-state index is -1.12. The van der Waals surface area contributed by atoms with Crippen molar-refractivity contribution in [1.29, 1.82) is 0 Å². The van der Waals surface area contributed by atoms with Crippen molar-refractivity contribution in [2.24, 2.45) is 17.3 Å². The molecule has 13 nitrogen and oxygen atoms in total. The molecule has 3 aromatic rings. The molecule has 2 aliphatic heterocycles. The minimum absolute atomic E-state index is 0.0163. The quantitative estimate of drug-likeness (QED) is 0.327. The molecule has 1 N–H and O–H groups in total. The first kappa shape index (κ1) is 35.7. The van der Waals surface area contributed by atoms with Crippen molar-refractivity contribution in [1.82, 2.24) is 29.7 Å². The van der Waals surface area contributed by atoms with Gasteiger partial charge in [0.1, 0.15) is 23.8 Å². The molecular formula is C36H48N6O7. The first-order valence-electron chi connectivity index (χ1n) is 16.8. The van der Waals surface area contributed by atoms with E-state index in [1.54, 1.807) is 45.9 Å². The van der Waals surface area contributed by atoms with Crippen molar-refractivity contribution >= 4 is 17.9 Å². The number of hydrogen-bond donors (Lipinski definition) is 1. The Bertz CT molecular complexity index is 1580. The molecule has 2 fully saturated rings. The number of morpholine rings is 1. The van der Waals surface area contributed by atoms with Gasteiger partial charge < -0.3 is 34.0 Å². The van der Waals surface area contributed by atoms with Crippen LogP contribution in [0.25, 0.3) is 5.69 Å². The van der Waals surface area contributed by atoms with Gasteiger partial charge in [-0.1, -0.05) is 58.0 Å². The Hall–Kier alpha value is -4.65. The van der Waals surface area contributed by atoms with E-state index in [1.807, 2.05) is 65.0 Å². The molecule has 3 heterocycles. The summed E-state index contributed by atoms with van der Waals surface area (Å²) in [4.78, 5) is 46.5. The number of methoxy groups -OCH3 is 1. The van der Waals surface area contributed by atoms with Crippen LogP contribution in [-0.4, -0.2) is 111 Å². The second-order valence-electron chi connectivity index (χ2n) is 14.1. The zero-order valence-corrected chi connectivity index (χ0v) is 29.2. The van der Waals surface area contributed by atoms with Crippen molar-refractivity contribution in [3.63, 3.8) is 0 Å². The molecule has 1 unspecified atom stereocenters. The summed E-state index contributed by atoms with van der Waals surface area (Å²) in [5.74, 6) is 0.145. The summed E-state index contributed by atoms with van der Waals surface area (Å²) in [6.07, 6.45) is -0.810. The summed E-state index contributed by atoms with van der Waals surface area (Å²) in [5.41, 5.74) is 0.693. The van der Waals surface area contributed by atoms with Crippen LogP contribution in [0.4, 0.5) is 4.79 Å². The van der Waals surface area contributed by atoms with Gasteiger partial charge in [0, 0.05) is 26.2 Å². The van der Waals surface area contributed by atoms with Gasteiger partial charge in [0.05, 0.1) is 44.0 Å². The fraction of sp³-hybridized carbons (Fsp3) is 0.528. The maximum Gasteiger partial charge on any atom is 0.407 e. The normalized spacial score (nSPS) is 19.9. The Morgan fingerprint density at radius 1 is 1.02 bits per heavy atom. The number of ether oxygens (including phenoxy) is 3. The number of benzene rings is 2. The van der Waals surface area contributed by atoms with E-state index in [9.17, 15) is 19.5 Å². The second-order valence-corrected chi connectivity index (χ2v) is 14.1. The highest BCUT2D eigenvalue weighted by molar-refractivity contribution is 5.94. The molecule has 2 aromatic carbocycles. The van der Waals surface area contributed by atoms with Gasteiger partial charge in [-0.25, -0.2) is 9.48 Å². The number of aromatic nitrogens is 3. The fourth-order valence-corrected chi connectivity index (χ4v) is 6.91. The first-order valence-corrected chi connectivity index (χ1v) is 16.8. The first-order chi connectivity index (χ1) is 23.4. The van der Waals surface area contributed by atoms with Gasteiger partial charge in [0.25, 0.3) is 5.91 Å². The third kappa shape index (κ3) is 8.15. The van der Waals surface area contributed by atoms with E-state index in [1.165, 1.54) is 4.90 Å². The number of para-hydroxylation sites is 1. The van der Waals surface area contributed by atoms with Gasteiger partial charge in [0.2, 0.25) is 5.91 Å². The van der Waals surface area contributed by atoms with E-state index in [0.717, 1.165) is 0 Å². The number of rotatable bonds is 10. The SMILES string of the molecule is COc1ccc(OCc2c(C(=O)N(CC(C)C)[C@H]3C[C@@H](C(=O)N4CCOCC4)CN(C(=O)O)C3C(C)(C)C)nnn2-c2ccccc2)cc1. The molecule has 0 radical (unpaired) electrons. The maximum absolute atomic E-state index is 14.9. The molecule has 2 saturated heterocycles. The van der Waals surface area contributed by atoms with Crippen LogP contribution in [0.15, 0.2) is 54.6 Å². The average Bonchev–Trinajstić information content (AvgIpc) is 3.53. The number of carbonyl (C=O) groups is 3. The molecule has 0 bridgehead atoms. The molecule has 1 aromatic heterocycles. The van der Waals surface area contributed by atoms with Gasteiger partial charge in [-0.2, -0.15) is 0 Å². The molecule has 0 aliphatic carbocycles. The van der Waals surface area contributed by atoms with Crippen LogP contribution in [0.1, 0.15) is 57.2 Å². The van der Waals surface area contributed by atoms with Crippen LogP contribution < -0.4 is 9.47 Å². The summed E-state index contributed by atoms with van der Waals surface area (Å²) < 4.78 is 18.5. The van der Waals surface area contributed by atoms with Crippen molar-refractivity contribution in [2.45, 2.75) is 59.7 Å². The van der Waals surface area contributed by atoms with Crippen LogP contribution in [0.2, 0.25) is 0 Å². The van der Waals surface area contributed by atoms with Crippen LogP contribution in [0.3, 0.4) is 0 Å². The molecule has 5 rings (SSSR count). The van der Waals surface area contributed by atoms with E-state index in [4.69, 9.17) is 14.2 Å². The number of piperidine rings is 1. The van der Waals surface area contributed by atoms with E-state index in [0.29, 0.717) is 62.1 Å². The Morgan fingerprint density at radius 2 is 1.67 bits per heavy atom. The maximum atomic E-state index is 14.9. The molecule has 13 heteroatoms. The number of amides is 3. The van der Waals surface area contributed by atoms with Gasteiger partial charge in [-0.15, -0.1) is 5.10 Å². The molecular weight excluding hydrogens is 628 g/mol. The summed E-state index contributed by atoms with van der Waals surface area (Å²) in [6.45, 7) is 12.1. The van der Waals surface area contributed by atoms with E-state index in [2.05, 4.69) is 10.3 Å². The molecule has 264 valence electrons. The van der Waals surface area contributed by atoms with Crippen LogP contribution in [0, 0.1) is 17.3 Å². The molecule has 2 aliphatic rings. The zero-order valence-electron chi connectivity index (χ0n) is 29.2. The van der Waals surface area contributed by atoms with Gasteiger partial charge in [-0.3, -0.25) is 9.59 Å². The Morgan fingerprint density at radius 3 is 2.27 bits per heavy atom. The Labute approximate surface area is 287 Å². The summed E-state index contributed by atoms with van der Waals surface area (Å²) in [7, 11) is 1.59. The Kier molecular flexibility index (Phi) is 11.1. The molecule has 0 spiro atoms. The van der Waals surface area contributed by atoms with Crippen LogP contribution >= 0.6 is 0 Å². The third-order valence-corrected chi connectivity index (χ3v) is 9.07. The van der Waals surface area contributed by atoms with Crippen molar-refractivity contribution in [2.75, 3.05) is 46.5 Å². The van der Waals surface area contributed by atoms with E-state index in [-0.39, 0.29) is 30.7 Å². The largest absolute Gasteiger partial charge is 0.497 e. The molecule has 3 atom stereocenters. The fourth-order valence-electron chi connectivity index (χ4n) is 6.91. The van der Waals surface area contributed by atoms with Crippen LogP contribution in [-0.2, 0) is 16.1 Å². The number of likely N-dealkylation sites (tertiary alicyclic amines) is 1. The highest BCUT2D eigenvalue weighted by Gasteiger charge is 2.50. The Balaban J connectivity index is 1.56. The van der Waals surface area contributed by atoms with Crippen molar-refractivity contribution in [3.8, 4) is 17.2 Å². The number of hydrogen-bond acceptors (Lipinski definition) is 8. The highest BCUT2D eigenvalue weighted by atomic mass is 16.5. The monoisotopic (exact) mass is 676 g/mol. The number of nitrogens with zero attached hydrogens (tertiary/aromatic N) is 6. The van der Waals surface area contributed by atoms with Gasteiger partial charge >= 0.3 is 6.09 Å². The summed E-state index contributed by atoms with van der Waals surface area (Å²) >= 11 is 0. The lowest BCUT2D eigenvalue weighted by atomic mass is 9.74. The number of carboxylic acid groups (broad SMARTS) is 1. The van der Waals surface area contributed by atoms with Gasteiger partial charge in [-0.05, 0) is 54.2 Å². The van der Waals surface area contributed by atoms with Crippen molar-refractivity contribution in [3.05, 3.63) is 66.0 Å². The topological polar surface area (TPSA) is 140 Å². The van der Waals surface area contributed by atoms with Crippen LogP contribution in [0.5, 0.6) is 11.5 Å².